The van der Waals surface area contributed by atoms with Gasteiger partial charge in [-0.2, -0.15) is 0 Å². The fourth-order valence-corrected chi connectivity index (χ4v) is 6.54. The minimum absolute atomic E-state index is 0.126. The van der Waals surface area contributed by atoms with Crippen LogP contribution in [-0.4, -0.2) is 52.1 Å². The van der Waals surface area contributed by atoms with Gasteiger partial charge in [-0.25, -0.2) is 9.78 Å². The second-order valence-corrected chi connectivity index (χ2v) is 10.3. The molecular weight excluding hydrogens is 474 g/mol. The van der Waals surface area contributed by atoms with Crippen molar-refractivity contribution in [2.24, 2.45) is 0 Å². The number of urea groups is 1. The first-order valence-electron chi connectivity index (χ1n) is 12.0. The van der Waals surface area contributed by atoms with Gasteiger partial charge in [-0.15, -0.1) is 0 Å². The quantitative estimate of drug-likeness (QED) is 0.531. The Kier molecular flexibility index (Phi) is 5.64. The van der Waals surface area contributed by atoms with Crippen LogP contribution in [0.3, 0.4) is 0 Å². The lowest BCUT2D eigenvalue weighted by Crippen LogP contribution is -2.53. The van der Waals surface area contributed by atoms with E-state index in [-0.39, 0.29) is 23.9 Å². The lowest BCUT2D eigenvalue weighted by molar-refractivity contribution is -0.129. The average molecular weight is 500 g/mol. The van der Waals surface area contributed by atoms with Crippen molar-refractivity contribution in [3.8, 4) is 0 Å². The fourth-order valence-electron chi connectivity index (χ4n) is 5.30. The highest BCUT2D eigenvalue weighted by molar-refractivity contribution is 8.01. The molecule has 0 radical (unpaired) electrons. The predicted molar refractivity (Wildman–Crippen MR) is 139 cm³/mol. The van der Waals surface area contributed by atoms with E-state index in [2.05, 4.69) is 22.2 Å². The predicted octanol–water partition coefficient (Wildman–Crippen LogP) is 3.90. The molecule has 0 bridgehead atoms. The summed E-state index contributed by atoms with van der Waals surface area (Å²) in [6, 6.07) is 14.9. The molecule has 4 heterocycles. The average Bonchev–Trinajstić information content (AvgIpc) is 3.28. The van der Waals surface area contributed by atoms with Gasteiger partial charge in [0.15, 0.2) is 0 Å². The largest absolute Gasteiger partial charge is 0.351 e. The Morgan fingerprint density at radius 2 is 2.00 bits per heavy atom. The Balaban J connectivity index is 1.27. The number of thioether (sulfide) groups is 1. The molecule has 3 atom stereocenters. The molecule has 3 aliphatic heterocycles. The van der Waals surface area contributed by atoms with Gasteiger partial charge in [-0.05, 0) is 47.9 Å². The van der Waals surface area contributed by atoms with Crippen LogP contribution in [-0.2, 0) is 9.59 Å². The van der Waals surface area contributed by atoms with Crippen molar-refractivity contribution >= 4 is 51.8 Å². The van der Waals surface area contributed by atoms with Gasteiger partial charge in [-0.3, -0.25) is 14.5 Å². The highest BCUT2D eigenvalue weighted by Crippen LogP contribution is 2.50. The van der Waals surface area contributed by atoms with Crippen LogP contribution in [0.4, 0.5) is 16.2 Å². The first-order chi connectivity index (χ1) is 17.5. The van der Waals surface area contributed by atoms with E-state index >= 15 is 0 Å². The second-order valence-electron chi connectivity index (χ2n) is 9.22. The van der Waals surface area contributed by atoms with Gasteiger partial charge in [0, 0.05) is 30.9 Å². The van der Waals surface area contributed by atoms with Gasteiger partial charge < -0.3 is 15.5 Å². The number of piperidine rings is 1. The van der Waals surface area contributed by atoms with Crippen molar-refractivity contribution in [2.75, 3.05) is 18.0 Å². The number of fused-ring (bicyclic) bond motifs is 1. The molecule has 2 unspecified atom stereocenters. The molecular formula is C27H25N5O3S. The smallest absolute Gasteiger partial charge is 0.327 e. The summed E-state index contributed by atoms with van der Waals surface area (Å²) >= 11 is 1.37. The first kappa shape index (κ1) is 22.6. The summed E-state index contributed by atoms with van der Waals surface area (Å²) in [5, 5.41) is 8.52. The van der Waals surface area contributed by atoms with Crippen LogP contribution < -0.4 is 15.5 Å². The van der Waals surface area contributed by atoms with Crippen LogP contribution in [0.5, 0.6) is 0 Å². The number of pyridine rings is 1. The topological polar surface area (TPSA) is 94.6 Å². The van der Waals surface area contributed by atoms with E-state index in [4.69, 9.17) is 0 Å². The molecule has 9 heteroatoms. The number of hydrogen-bond donors (Lipinski definition) is 2. The molecule has 6 rings (SSSR count). The molecule has 8 nitrogen and oxygen atoms in total. The standard InChI is InChI=1S/C27H25N5O3S/c1-2-21(33)31-13-5-8-18(15-31)29-25(34)24-23-22-20(11-12-28-26(22)36-24)32(27(35)30-23)19-10-9-16-6-3-4-7-17(16)14-19/h2-4,6-7,9-12,14,18,23-24H,1,5,8,13,15H2,(H,29,34)(H,30,35)/t18?,23?,24-/m1/s1. The highest BCUT2D eigenvalue weighted by atomic mass is 32.2. The van der Waals surface area contributed by atoms with Gasteiger partial charge in [0.25, 0.3) is 0 Å². The van der Waals surface area contributed by atoms with E-state index in [1.54, 1.807) is 16.0 Å². The van der Waals surface area contributed by atoms with E-state index in [1.807, 2.05) is 48.5 Å². The molecule has 2 N–H and O–H groups in total. The van der Waals surface area contributed by atoms with Crippen LogP contribution in [0.1, 0.15) is 24.4 Å². The molecule has 3 aromatic rings. The summed E-state index contributed by atoms with van der Waals surface area (Å²) < 4.78 is 0. The zero-order valence-corrected chi connectivity index (χ0v) is 20.3. The van der Waals surface area contributed by atoms with Crippen LogP contribution >= 0.6 is 11.8 Å². The number of anilines is 2. The number of hydrogen-bond acceptors (Lipinski definition) is 5. The molecule has 182 valence electrons. The maximum atomic E-state index is 13.4. The minimum atomic E-state index is -0.540. The number of rotatable bonds is 4. The normalized spacial score (nSPS) is 22.7. The Hall–Kier alpha value is -3.85. The van der Waals surface area contributed by atoms with Crippen molar-refractivity contribution in [1.29, 1.82) is 0 Å². The van der Waals surface area contributed by atoms with Crippen molar-refractivity contribution < 1.29 is 14.4 Å². The van der Waals surface area contributed by atoms with E-state index in [1.165, 1.54) is 17.8 Å². The Bertz CT molecular complexity index is 1410. The Labute approximate surface area is 212 Å². The Morgan fingerprint density at radius 1 is 1.17 bits per heavy atom. The van der Waals surface area contributed by atoms with E-state index in [0.717, 1.165) is 45.6 Å². The monoisotopic (exact) mass is 499 g/mol. The van der Waals surface area contributed by atoms with E-state index < -0.39 is 11.3 Å². The molecule has 1 fully saturated rings. The van der Waals surface area contributed by atoms with Gasteiger partial charge in [0.2, 0.25) is 11.8 Å². The summed E-state index contributed by atoms with van der Waals surface area (Å²) in [6.45, 7) is 4.68. The summed E-state index contributed by atoms with van der Waals surface area (Å²) in [4.78, 5) is 46.7. The molecule has 2 aromatic carbocycles. The molecule has 1 saturated heterocycles. The number of aromatic nitrogens is 1. The number of carbonyl (C=O) groups is 3. The van der Waals surface area contributed by atoms with Crippen molar-refractivity contribution in [2.45, 2.75) is 35.2 Å². The zero-order chi connectivity index (χ0) is 24.8. The maximum absolute atomic E-state index is 13.4. The van der Waals surface area contributed by atoms with Gasteiger partial charge in [-0.1, -0.05) is 48.7 Å². The number of amides is 4. The molecule has 0 aliphatic carbocycles. The van der Waals surface area contributed by atoms with Gasteiger partial charge >= 0.3 is 6.03 Å². The first-order valence-corrected chi connectivity index (χ1v) is 12.9. The van der Waals surface area contributed by atoms with Crippen LogP contribution in [0.2, 0.25) is 0 Å². The van der Waals surface area contributed by atoms with Crippen LogP contribution in [0.15, 0.2) is 72.4 Å². The van der Waals surface area contributed by atoms with Gasteiger partial charge in [0.1, 0.15) is 10.3 Å². The molecule has 0 saturated carbocycles. The van der Waals surface area contributed by atoms with Crippen molar-refractivity contribution in [3.63, 3.8) is 0 Å². The lowest BCUT2D eigenvalue weighted by atomic mass is 9.99. The molecule has 3 aliphatic rings. The maximum Gasteiger partial charge on any atom is 0.327 e. The zero-order valence-electron chi connectivity index (χ0n) is 19.5. The molecule has 0 spiro atoms. The van der Waals surface area contributed by atoms with Crippen LogP contribution in [0, 0.1) is 0 Å². The molecule has 36 heavy (non-hydrogen) atoms. The van der Waals surface area contributed by atoms with E-state index in [9.17, 15) is 14.4 Å². The van der Waals surface area contributed by atoms with Crippen molar-refractivity contribution in [1.82, 2.24) is 20.5 Å². The van der Waals surface area contributed by atoms with Crippen molar-refractivity contribution in [3.05, 3.63) is 72.9 Å². The summed E-state index contributed by atoms with van der Waals surface area (Å²) in [5.41, 5.74) is 2.36. The molecule has 4 amide bonds. The minimum Gasteiger partial charge on any atom is -0.351 e. The second kappa shape index (κ2) is 8.98. The number of nitrogens with one attached hydrogen (secondary N) is 2. The lowest BCUT2D eigenvalue weighted by Gasteiger charge is -2.35. The molecule has 1 aromatic heterocycles. The summed E-state index contributed by atoms with van der Waals surface area (Å²) in [5.74, 6) is -0.287. The number of benzene rings is 2. The third-order valence-electron chi connectivity index (χ3n) is 7.01. The number of likely N-dealkylation sites (tertiary alicyclic amines) is 1. The fraction of sp³-hybridized carbons (Fsp3) is 0.259. The van der Waals surface area contributed by atoms with Gasteiger partial charge in [0.05, 0.1) is 17.4 Å². The third-order valence-corrected chi connectivity index (χ3v) is 8.30. The third kappa shape index (κ3) is 3.80. The van der Waals surface area contributed by atoms with Crippen LogP contribution in [0.25, 0.3) is 10.8 Å². The Morgan fingerprint density at radius 3 is 2.83 bits per heavy atom. The number of carbonyl (C=O) groups excluding carboxylic acids is 3. The number of nitrogens with zero attached hydrogens (tertiary/aromatic N) is 3. The SMILES string of the molecule is C=CC(=O)N1CCCC(NC(=O)[C@@H]2Sc3nccc4c3C2NC(=O)N4c2ccc3ccccc3c2)C1. The summed E-state index contributed by atoms with van der Waals surface area (Å²) in [6.07, 6.45) is 4.60. The highest BCUT2D eigenvalue weighted by Gasteiger charge is 2.47. The van der Waals surface area contributed by atoms with E-state index in [0.29, 0.717) is 13.1 Å². The summed E-state index contributed by atoms with van der Waals surface area (Å²) in [7, 11) is 0.